The van der Waals surface area contributed by atoms with Crippen LogP contribution in [-0.4, -0.2) is 4.98 Å². The Morgan fingerprint density at radius 1 is 1.12 bits per heavy atom. The fourth-order valence-electron chi connectivity index (χ4n) is 1.26. The molecule has 0 amide bonds. The Morgan fingerprint density at radius 2 is 1.94 bits per heavy atom. The average molecular weight is 226 g/mol. The number of aromatic nitrogens is 1. The summed E-state index contributed by atoms with van der Waals surface area (Å²) in [4.78, 5) is 4.21. The Morgan fingerprint density at radius 3 is 2.56 bits per heavy atom. The van der Waals surface area contributed by atoms with E-state index < -0.39 is 0 Å². The summed E-state index contributed by atoms with van der Waals surface area (Å²) in [6.45, 7) is 0. The van der Waals surface area contributed by atoms with Gasteiger partial charge >= 0.3 is 0 Å². The molecule has 1 aromatic heterocycles. The molecule has 3 heteroatoms. The number of nitrogens with zero attached hydrogens (tertiary/aromatic N) is 2. The maximum atomic E-state index is 8.64. The molecule has 1 aromatic carbocycles. The van der Waals surface area contributed by atoms with Crippen molar-refractivity contribution in [3.8, 4) is 6.07 Å². The largest absolute Gasteiger partial charge is 0.249 e. The second-order valence-corrected chi connectivity index (χ2v) is 4.27. The molecule has 2 nitrogen and oxygen atoms in total. The van der Waals surface area contributed by atoms with Crippen LogP contribution in [0.25, 0.3) is 0 Å². The Hall–Kier alpha value is -1.79. The molecular weight excluding hydrogens is 216 g/mol. The summed E-state index contributed by atoms with van der Waals surface area (Å²) in [7, 11) is 0. The van der Waals surface area contributed by atoms with Gasteiger partial charge in [-0.25, -0.2) is 4.98 Å². The lowest BCUT2D eigenvalue weighted by Crippen LogP contribution is -1.83. The minimum atomic E-state index is 0.601. The third-order valence-corrected chi connectivity index (χ3v) is 3.11. The van der Waals surface area contributed by atoms with Gasteiger partial charge in [-0.3, -0.25) is 0 Å². The molecule has 0 saturated carbocycles. The van der Waals surface area contributed by atoms with E-state index in [4.69, 9.17) is 5.26 Å². The predicted molar refractivity (Wildman–Crippen MR) is 65.0 cm³/mol. The van der Waals surface area contributed by atoms with Gasteiger partial charge in [0.2, 0.25) is 0 Å². The van der Waals surface area contributed by atoms with Gasteiger partial charge in [0.1, 0.15) is 6.07 Å². The van der Waals surface area contributed by atoms with E-state index in [1.54, 1.807) is 24.0 Å². The maximum absolute atomic E-state index is 8.64. The summed E-state index contributed by atoms with van der Waals surface area (Å²) in [5, 5.41) is 9.59. The first-order chi connectivity index (χ1) is 7.88. The minimum Gasteiger partial charge on any atom is -0.249 e. The number of thioether (sulfide) groups is 1. The van der Waals surface area contributed by atoms with Gasteiger partial charge in [0.15, 0.2) is 0 Å². The molecule has 0 atom stereocenters. The zero-order chi connectivity index (χ0) is 11.2. The molecule has 0 radical (unpaired) electrons. The Balaban J connectivity index is 1.98. The number of hydrogen-bond acceptors (Lipinski definition) is 3. The molecule has 0 unspecified atom stereocenters. The lowest BCUT2D eigenvalue weighted by molar-refractivity contribution is 1.12. The van der Waals surface area contributed by atoms with Crippen LogP contribution in [0.2, 0.25) is 0 Å². The SMILES string of the molecule is N#Cc1ccc(SCc2ccccc2)nc1. The Kier molecular flexibility index (Phi) is 3.58. The highest BCUT2D eigenvalue weighted by Gasteiger charge is 1.97. The third-order valence-electron chi connectivity index (χ3n) is 2.09. The van der Waals surface area contributed by atoms with E-state index in [1.165, 1.54) is 5.56 Å². The summed E-state index contributed by atoms with van der Waals surface area (Å²) < 4.78 is 0. The van der Waals surface area contributed by atoms with Crippen LogP contribution in [-0.2, 0) is 5.75 Å². The summed E-state index contributed by atoms with van der Waals surface area (Å²) in [6, 6.07) is 16.0. The molecule has 0 aliphatic carbocycles. The van der Waals surface area contributed by atoms with Crippen molar-refractivity contribution in [3.05, 3.63) is 59.8 Å². The average Bonchev–Trinajstić information content (AvgIpc) is 2.38. The second kappa shape index (κ2) is 5.34. The van der Waals surface area contributed by atoms with E-state index in [1.807, 2.05) is 24.3 Å². The molecule has 1 heterocycles. The molecule has 78 valence electrons. The monoisotopic (exact) mass is 226 g/mol. The van der Waals surface area contributed by atoms with E-state index in [2.05, 4.69) is 23.2 Å². The van der Waals surface area contributed by atoms with Crippen molar-refractivity contribution < 1.29 is 0 Å². The van der Waals surface area contributed by atoms with Gasteiger partial charge in [-0.1, -0.05) is 30.3 Å². The number of pyridine rings is 1. The van der Waals surface area contributed by atoms with Crippen LogP contribution in [0, 0.1) is 11.3 Å². The quantitative estimate of drug-likeness (QED) is 0.754. The Bertz CT molecular complexity index is 486. The van der Waals surface area contributed by atoms with Gasteiger partial charge < -0.3 is 0 Å². The van der Waals surface area contributed by atoms with Crippen LogP contribution in [0.1, 0.15) is 11.1 Å². The van der Waals surface area contributed by atoms with E-state index in [9.17, 15) is 0 Å². The maximum Gasteiger partial charge on any atom is 0.101 e. The number of benzene rings is 1. The van der Waals surface area contributed by atoms with Crippen molar-refractivity contribution in [2.75, 3.05) is 0 Å². The third kappa shape index (κ3) is 2.85. The highest BCUT2D eigenvalue weighted by atomic mass is 32.2. The lowest BCUT2D eigenvalue weighted by atomic mass is 10.2. The molecule has 0 N–H and O–H groups in total. The minimum absolute atomic E-state index is 0.601. The van der Waals surface area contributed by atoms with Gasteiger partial charge in [0, 0.05) is 11.9 Å². The van der Waals surface area contributed by atoms with E-state index >= 15 is 0 Å². The smallest absolute Gasteiger partial charge is 0.101 e. The molecule has 2 rings (SSSR count). The first kappa shape index (κ1) is 10.7. The lowest BCUT2D eigenvalue weighted by Gasteiger charge is -2.00. The molecule has 0 aliphatic heterocycles. The fraction of sp³-hybridized carbons (Fsp3) is 0.0769. The van der Waals surface area contributed by atoms with E-state index in [0.29, 0.717) is 5.56 Å². The van der Waals surface area contributed by atoms with Crippen LogP contribution in [0.5, 0.6) is 0 Å². The summed E-state index contributed by atoms with van der Waals surface area (Å²) >= 11 is 1.67. The molecule has 0 fully saturated rings. The van der Waals surface area contributed by atoms with Crippen LogP contribution in [0.3, 0.4) is 0 Å². The zero-order valence-corrected chi connectivity index (χ0v) is 9.45. The van der Waals surface area contributed by atoms with Gasteiger partial charge in [-0.05, 0) is 17.7 Å². The second-order valence-electron chi connectivity index (χ2n) is 3.27. The van der Waals surface area contributed by atoms with Crippen LogP contribution < -0.4 is 0 Å². The van der Waals surface area contributed by atoms with Crippen LogP contribution >= 0.6 is 11.8 Å². The first-order valence-electron chi connectivity index (χ1n) is 4.91. The van der Waals surface area contributed by atoms with Gasteiger partial charge in [-0.15, -0.1) is 11.8 Å². The van der Waals surface area contributed by atoms with Gasteiger partial charge in [0.05, 0.1) is 10.6 Å². The first-order valence-corrected chi connectivity index (χ1v) is 5.90. The van der Waals surface area contributed by atoms with Crippen molar-refractivity contribution in [2.45, 2.75) is 10.8 Å². The summed E-state index contributed by atoms with van der Waals surface area (Å²) in [6.07, 6.45) is 1.60. The summed E-state index contributed by atoms with van der Waals surface area (Å²) in [5.41, 5.74) is 1.88. The topological polar surface area (TPSA) is 36.7 Å². The molecule has 2 aromatic rings. The summed E-state index contributed by atoms with van der Waals surface area (Å²) in [5.74, 6) is 0.903. The molecule has 0 aliphatic rings. The predicted octanol–water partition coefficient (Wildman–Crippen LogP) is 3.25. The molecule has 0 bridgehead atoms. The van der Waals surface area contributed by atoms with Crippen molar-refractivity contribution in [1.29, 1.82) is 5.26 Å². The molecule has 0 spiro atoms. The Labute approximate surface area is 99.0 Å². The highest BCUT2D eigenvalue weighted by molar-refractivity contribution is 7.98. The standard InChI is InChI=1S/C13H10N2S/c14-8-12-6-7-13(15-9-12)16-10-11-4-2-1-3-5-11/h1-7,9H,10H2. The number of nitriles is 1. The van der Waals surface area contributed by atoms with Gasteiger partial charge in [0.25, 0.3) is 0 Å². The van der Waals surface area contributed by atoms with Crippen molar-refractivity contribution in [3.63, 3.8) is 0 Å². The van der Waals surface area contributed by atoms with E-state index in [0.717, 1.165) is 10.8 Å². The normalized spacial score (nSPS) is 9.69. The zero-order valence-electron chi connectivity index (χ0n) is 8.63. The van der Waals surface area contributed by atoms with Crippen molar-refractivity contribution >= 4 is 11.8 Å². The molecule has 16 heavy (non-hydrogen) atoms. The molecule has 0 saturated heterocycles. The van der Waals surface area contributed by atoms with Crippen LogP contribution in [0.4, 0.5) is 0 Å². The number of hydrogen-bond donors (Lipinski definition) is 0. The molecular formula is C13H10N2S. The highest BCUT2D eigenvalue weighted by Crippen LogP contribution is 2.20. The van der Waals surface area contributed by atoms with Crippen molar-refractivity contribution in [1.82, 2.24) is 4.98 Å². The van der Waals surface area contributed by atoms with Crippen LogP contribution in [0.15, 0.2) is 53.7 Å². The number of rotatable bonds is 3. The van der Waals surface area contributed by atoms with E-state index in [-0.39, 0.29) is 0 Å². The van der Waals surface area contributed by atoms with Gasteiger partial charge in [-0.2, -0.15) is 5.26 Å². The fourth-order valence-corrected chi connectivity index (χ4v) is 2.06. The van der Waals surface area contributed by atoms with Crippen molar-refractivity contribution in [2.24, 2.45) is 0 Å².